The molecule has 0 heterocycles. The van der Waals surface area contributed by atoms with E-state index in [-0.39, 0.29) is 19.0 Å². The third-order valence-electron chi connectivity index (χ3n) is 3.39. The van der Waals surface area contributed by atoms with E-state index in [1.165, 1.54) is 11.1 Å². The van der Waals surface area contributed by atoms with E-state index >= 15 is 0 Å². The van der Waals surface area contributed by atoms with E-state index in [0.29, 0.717) is 0 Å². The molecule has 0 aliphatic rings. The first-order chi connectivity index (χ1) is 10.8. The molecule has 0 aliphatic carbocycles. The van der Waals surface area contributed by atoms with Gasteiger partial charge in [0.1, 0.15) is 12.7 Å². The molecule has 0 saturated heterocycles. The van der Waals surface area contributed by atoms with Gasteiger partial charge in [0.25, 0.3) is 0 Å². The maximum absolute atomic E-state index is 11.4. The van der Waals surface area contributed by atoms with Gasteiger partial charge in [-0.2, -0.15) is 0 Å². The van der Waals surface area contributed by atoms with Crippen LogP contribution in [0.15, 0.2) is 34.9 Å². The smallest absolute Gasteiger partial charge is 0.309 e. The van der Waals surface area contributed by atoms with Crippen molar-refractivity contribution in [2.24, 2.45) is 0 Å². The Labute approximate surface area is 140 Å². The molecule has 0 radical (unpaired) electrons. The molecule has 0 aliphatic heterocycles. The minimum Gasteiger partial charge on any atom is -0.463 e. The van der Waals surface area contributed by atoms with Gasteiger partial charge >= 0.3 is 5.97 Å². The molecule has 2 N–H and O–H groups in total. The third-order valence-corrected chi connectivity index (χ3v) is 3.39. The largest absolute Gasteiger partial charge is 0.463 e. The molecule has 23 heavy (non-hydrogen) atoms. The topological polar surface area (TPSA) is 66.8 Å². The standard InChI is InChI=1S/C19H32O4/c1-15(2)7-5-8-16(3)9-6-10-17(4)11-12-19(22)23-14-18(21)13-20/h7,9,11,18,20-21H,5-6,8,10,12-14H2,1-4H3. The molecule has 132 valence electrons. The second kappa shape index (κ2) is 13.1. The van der Waals surface area contributed by atoms with Crippen LogP contribution in [0.1, 0.15) is 59.8 Å². The lowest BCUT2D eigenvalue weighted by molar-refractivity contribution is -0.146. The zero-order valence-electron chi connectivity index (χ0n) is 15.0. The van der Waals surface area contributed by atoms with Gasteiger partial charge in [0.2, 0.25) is 0 Å². The molecular weight excluding hydrogens is 292 g/mol. The molecule has 0 saturated carbocycles. The predicted molar refractivity (Wildman–Crippen MR) is 94.1 cm³/mol. The van der Waals surface area contributed by atoms with Crippen molar-refractivity contribution in [3.63, 3.8) is 0 Å². The highest BCUT2D eigenvalue weighted by Gasteiger charge is 2.06. The number of hydrogen-bond acceptors (Lipinski definition) is 4. The number of ether oxygens (including phenoxy) is 1. The van der Waals surface area contributed by atoms with Crippen LogP contribution in [0.25, 0.3) is 0 Å². The van der Waals surface area contributed by atoms with E-state index in [1.54, 1.807) is 0 Å². The molecule has 4 heteroatoms. The van der Waals surface area contributed by atoms with Crippen LogP contribution in [-0.2, 0) is 9.53 Å². The summed E-state index contributed by atoms with van der Waals surface area (Å²) in [4.78, 5) is 11.4. The average Bonchev–Trinajstić information content (AvgIpc) is 2.50. The average molecular weight is 324 g/mol. The van der Waals surface area contributed by atoms with Crippen molar-refractivity contribution < 1.29 is 19.7 Å². The van der Waals surface area contributed by atoms with Crippen LogP contribution in [-0.4, -0.2) is 35.5 Å². The Bertz CT molecular complexity index is 429. The molecule has 0 aromatic heterocycles. The summed E-state index contributed by atoms with van der Waals surface area (Å²) in [6, 6.07) is 0. The number of aliphatic hydroxyl groups is 2. The molecule has 1 atom stereocenters. The summed E-state index contributed by atoms with van der Waals surface area (Å²) in [7, 11) is 0. The fourth-order valence-electron chi connectivity index (χ4n) is 1.90. The van der Waals surface area contributed by atoms with Crippen molar-refractivity contribution >= 4 is 5.97 Å². The zero-order chi connectivity index (χ0) is 17.7. The molecular formula is C19H32O4. The summed E-state index contributed by atoms with van der Waals surface area (Å²) in [5, 5.41) is 17.7. The summed E-state index contributed by atoms with van der Waals surface area (Å²) in [6.07, 6.45) is 9.65. The van der Waals surface area contributed by atoms with Crippen LogP contribution < -0.4 is 0 Å². The minimum absolute atomic E-state index is 0.157. The Hall–Kier alpha value is -1.39. The van der Waals surface area contributed by atoms with E-state index in [0.717, 1.165) is 31.3 Å². The second-order valence-electron chi connectivity index (χ2n) is 6.18. The Morgan fingerprint density at radius 1 is 1.00 bits per heavy atom. The van der Waals surface area contributed by atoms with Gasteiger partial charge in [0.15, 0.2) is 0 Å². The molecule has 0 aromatic carbocycles. The van der Waals surface area contributed by atoms with Crippen molar-refractivity contribution in [3.05, 3.63) is 34.9 Å². The predicted octanol–water partition coefficient (Wildman–Crippen LogP) is 3.69. The van der Waals surface area contributed by atoms with Crippen molar-refractivity contribution in [2.75, 3.05) is 13.2 Å². The normalized spacial score (nSPS) is 13.7. The highest BCUT2D eigenvalue weighted by Crippen LogP contribution is 2.12. The molecule has 0 aromatic rings. The minimum atomic E-state index is -0.997. The lowest BCUT2D eigenvalue weighted by Gasteiger charge is -2.07. The van der Waals surface area contributed by atoms with E-state index < -0.39 is 12.7 Å². The number of esters is 1. The van der Waals surface area contributed by atoms with Gasteiger partial charge in [-0.3, -0.25) is 4.79 Å². The Morgan fingerprint density at radius 2 is 1.57 bits per heavy atom. The number of aliphatic hydroxyl groups excluding tert-OH is 2. The van der Waals surface area contributed by atoms with Crippen molar-refractivity contribution in [2.45, 2.75) is 65.9 Å². The van der Waals surface area contributed by atoms with Gasteiger partial charge in [-0.1, -0.05) is 34.9 Å². The summed E-state index contributed by atoms with van der Waals surface area (Å²) in [5.74, 6) is -0.384. The van der Waals surface area contributed by atoms with Crippen LogP contribution in [0.3, 0.4) is 0 Å². The molecule has 0 fully saturated rings. The zero-order valence-corrected chi connectivity index (χ0v) is 15.0. The van der Waals surface area contributed by atoms with E-state index in [1.807, 2.05) is 13.0 Å². The fourth-order valence-corrected chi connectivity index (χ4v) is 1.90. The number of carbonyl (C=O) groups is 1. The Kier molecular flexibility index (Phi) is 12.3. The first kappa shape index (κ1) is 21.6. The maximum Gasteiger partial charge on any atom is 0.309 e. The van der Waals surface area contributed by atoms with Crippen molar-refractivity contribution in [1.82, 2.24) is 0 Å². The van der Waals surface area contributed by atoms with Gasteiger partial charge in [-0.25, -0.2) is 0 Å². The third kappa shape index (κ3) is 14.0. The monoisotopic (exact) mass is 324 g/mol. The van der Waals surface area contributed by atoms with Crippen LogP contribution in [0.5, 0.6) is 0 Å². The SMILES string of the molecule is CC(C)=CCCC(C)=CCCC(C)=CCC(=O)OCC(O)CO. The molecule has 0 bridgehead atoms. The second-order valence-corrected chi connectivity index (χ2v) is 6.18. The Balaban J connectivity index is 3.97. The lowest BCUT2D eigenvalue weighted by atomic mass is 10.1. The van der Waals surface area contributed by atoms with E-state index in [9.17, 15) is 4.79 Å². The Morgan fingerprint density at radius 3 is 2.13 bits per heavy atom. The van der Waals surface area contributed by atoms with Gasteiger partial charge < -0.3 is 14.9 Å². The number of carbonyl (C=O) groups excluding carboxylic acids is 1. The number of hydrogen-bond donors (Lipinski definition) is 2. The highest BCUT2D eigenvalue weighted by atomic mass is 16.5. The highest BCUT2D eigenvalue weighted by molar-refractivity contribution is 5.71. The van der Waals surface area contributed by atoms with Gasteiger partial charge in [-0.05, 0) is 53.4 Å². The molecule has 1 unspecified atom stereocenters. The van der Waals surface area contributed by atoms with E-state index in [2.05, 4.69) is 32.9 Å². The first-order valence-corrected chi connectivity index (χ1v) is 8.24. The maximum atomic E-state index is 11.4. The summed E-state index contributed by atoms with van der Waals surface area (Å²) < 4.78 is 4.84. The van der Waals surface area contributed by atoms with Gasteiger partial charge in [-0.15, -0.1) is 0 Å². The molecule has 4 nitrogen and oxygen atoms in total. The van der Waals surface area contributed by atoms with Gasteiger partial charge in [0, 0.05) is 0 Å². The van der Waals surface area contributed by atoms with Crippen LogP contribution >= 0.6 is 0 Å². The number of allylic oxidation sites excluding steroid dienone is 5. The fraction of sp³-hybridized carbons (Fsp3) is 0.632. The van der Waals surface area contributed by atoms with E-state index in [4.69, 9.17) is 14.9 Å². The lowest BCUT2D eigenvalue weighted by Crippen LogP contribution is -2.21. The summed E-state index contributed by atoms with van der Waals surface area (Å²) in [6.45, 7) is 7.83. The number of rotatable bonds is 11. The molecule has 0 spiro atoms. The summed E-state index contributed by atoms with van der Waals surface area (Å²) in [5.41, 5.74) is 3.90. The molecule has 0 amide bonds. The van der Waals surface area contributed by atoms with Crippen molar-refractivity contribution in [1.29, 1.82) is 0 Å². The van der Waals surface area contributed by atoms with Gasteiger partial charge in [0.05, 0.1) is 13.0 Å². The quantitative estimate of drug-likeness (QED) is 0.449. The van der Waals surface area contributed by atoms with Crippen LogP contribution in [0.4, 0.5) is 0 Å². The van der Waals surface area contributed by atoms with Crippen LogP contribution in [0, 0.1) is 0 Å². The summed E-state index contributed by atoms with van der Waals surface area (Å²) >= 11 is 0. The molecule has 0 rings (SSSR count). The van der Waals surface area contributed by atoms with Crippen molar-refractivity contribution in [3.8, 4) is 0 Å². The first-order valence-electron chi connectivity index (χ1n) is 8.24. The van der Waals surface area contributed by atoms with Crippen LogP contribution in [0.2, 0.25) is 0 Å².